The molecule has 21 heavy (non-hydrogen) atoms. The summed E-state index contributed by atoms with van der Waals surface area (Å²) in [5.74, 6) is 0.139. The van der Waals surface area contributed by atoms with Crippen molar-refractivity contribution in [3.63, 3.8) is 0 Å². The monoisotopic (exact) mass is 287 g/mol. The molecule has 3 heteroatoms. The predicted molar refractivity (Wildman–Crippen MR) is 83.0 cm³/mol. The first kappa shape index (κ1) is 14.6. The molecule has 1 aromatic rings. The molecular formula is C18H25NO2. The summed E-state index contributed by atoms with van der Waals surface area (Å²) in [4.78, 5) is 12.4. The average molecular weight is 287 g/mol. The summed E-state index contributed by atoms with van der Waals surface area (Å²) in [5, 5.41) is 13.6. The van der Waals surface area contributed by atoms with Crippen LogP contribution in [0.15, 0.2) is 24.3 Å². The Kier molecular flexibility index (Phi) is 4.29. The second-order valence-electron chi connectivity index (χ2n) is 6.73. The van der Waals surface area contributed by atoms with E-state index in [1.54, 1.807) is 0 Å². The second-order valence-corrected chi connectivity index (χ2v) is 6.73. The maximum atomic E-state index is 12.4. The van der Waals surface area contributed by atoms with E-state index in [0.29, 0.717) is 6.54 Å². The van der Waals surface area contributed by atoms with E-state index < -0.39 is 5.60 Å². The fourth-order valence-electron chi connectivity index (χ4n) is 3.70. The predicted octanol–water partition coefficient (Wildman–Crippen LogP) is 2.60. The Morgan fingerprint density at radius 3 is 2.24 bits per heavy atom. The summed E-state index contributed by atoms with van der Waals surface area (Å²) >= 11 is 0. The molecule has 114 valence electrons. The molecule has 0 aromatic heterocycles. The third-order valence-electron chi connectivity index (χ3n) is 5.05. The average Bonchev–Trinajstić information content (AvgIpc) is 2.81. The summed E-state index contributed by atoms with van der Waals surface area (Å²) < 4.78 is 0. The van der Waals surface area contributed by atoms with Gasteiger partial charge in [0.1, 0.15) is 0 Å². The van der Waals surface area contributed by atoms with Crippen LogP contribution in [0.25, 0.3) is 0 Å². The van der Waals surface area contributed by atoms with Crippen molar-refractivity contribution < 1.29 is 9.90 Å². The fraction of sp³-hybridized carbons (Fsp3) is 0.611. The molecule has 2 aliphatic rings. The minimum atomic E-state index is -0.683. The summed E-state index contributed by atoms with van der Waals surface area (Å²) in [6, 6.07) is 8.30. The Hall–Kier alpha value is -1.35. The highest BCUT2D eigenvalue weighted by Crippen LogP contribution is 2.28. The molecule has 0 radical (unpaired) electrons. The van der Waals surface area contributed by atoms with Crippen molar-refractivity contribution in [2.24, 2.45) is 5.92 Å². The van der Waals surface area contributed by atoms with Gasteiger partial charge >= 0.3 is 0 Å². The van der Waals surface area contributed by atoms with Crippen LogP contribution in [-0.4, -0.2) is 23.2 Å². The molecule has 1 amide bonds. The van der Waals surface area contributed by atoms with Gasteiger partial charge in [-0.15, -0.1) is 0 Å². The van der Waals surface area contributed by atoms with Crippen LogP contribution in [-0.2, 0) is 17.6 Å². The topological polar surface area (TPSA) is 49.3 Å². The SMILES string of the molecule is O=C(NCC1(O)CCCCCC1)C1Cc2ccccc2C1. The van der Waals surface area contributed by atoms with Crippen LogP contribution in [0.5, 0.6) is 0 Å². The Morgan fingerprint density at radius 1 is 1.10 bits per heavy atom. The van der Waals surface area contributed by atoms with Crippen molar-refractivity contribution in [2.45, 2.75) is 57.0 Å². The van der Waals surface area contributed by atoms with Gasteiger partial charge in [0, 0.05) is 12.5 Å². The van der Waals surface area contributed by atoms with Gasteiger partial charge in [0.05, 0.1) is 5.60 Å². The van der Waals surface area contributed by atoms with Crippen LogP contribution >= 0.6 is 0 Å². The standard InChI is InChI=1S/C18H25NO2/c20-17(16-11-14-7-3-4-8-15(14)12-16)19-13-18(21)9-5-1-2-6-10-18/h3-4,7-8,16,21H,1-2,5-6,9-13H2,(H,19,20). The molecule has 1 fully saturated rings. The van der Waals surface area contributed by atoms with Crippen LogP contribution in [0, 0.1) is 5.92 Å². The molecule has 1 aromatic carbocycles. The molecule has 0 unspecified atom stereocenters. The molecule has 0 aliphatic heterocycles. The lowest BCUT2D eigenvalue weighted by Crippen LogP contribution is -2.44. The number of benzene rings is 1. The molecule has 0 saturated heterocycles. The van der Waals surface area contributed by atoms with E-state index in [2.05, 4.69) is 17.4 Å². The Morgan fingerprint density at radius 2 is 1.67 bits per heavy atom. The zero-order valence-electron chi connectivity index (χ0n) is 12.6. The number of hydrogen-bond acceptors (Lipinski definition) is 2. The molecular weight excluding hydrogens is 262 g/mol. The lowest BCUT2D eigenvalue weighted by atomic mass is 9.94. The summed E-state index contributed by atoms with van der Waals surface area (Å²) in [6.07, 6.45) is 7.85. The van der Waals surface area contributed by atoms with Crippen molar-refractivity contribution >= 4 is 5.91 Å². The first-order valence-electron chi connectivity index (χ1n) is 8.23. The van der Waals surface area contributed by atoms with Crippen molar-refractivity contribution in [1.82, 2.24) is 5.32 Å². The number of nitrogens with one attached hydrogen (secondary N) is 1. The Bertz CT molecular complexity index is 479. The lowest BCUT2D eigenvalue weighted by Gasteiger charge is -2.27. The molecule has 2 N–H and O–H groups in total. The molecule has 0 bridgehead atoms. The highest BCUT2D eigenvalue weighted by Gasteiger charge is 2.31. The normalized spacial score (nSPS) is 21.6. The summed E-state index contributed by atoms with van der Waals surface area (Å²) in [5.41, 5.74) is 1.91. The minimum absolute atomic E-state index is 0.0387. The van der Waals surface area contributed by atoms with Gasteiger partial charge in [0.15, 0.2) is 0 Å². The molecule has 0 spiro atoms. The van der Waals surface area contributed by atoms with Crippen molar-refractivity contribution in [3.8, 4) is 0 Å². The number of carbonyl (C=O) groups is 1. The number of fused-ring (bicyclic) bond motifs is 1. The quantitative estimate of drug-likeness (QED) is 0.840. The third-order valence-corrected chi connectivity index (χ3v) is 5.05. The summed E-state index contributed by atoms with van der Waals surface area (Å²) in [6.45, 7) is 0.415. The van der Waals surface area contributed by atoms with Gasteiger partial charge in [0.2, 0.25) is 5.91 Å². The lowest BCUT2D eigenvalue weighted by molar-refractivity contribution is -0.126. The van der Waals surface area contributed by atoms with E-state index in [0.717, 1.165) is 38.5 Å². The molecule has 1 saturated carbocycles. The molecule has 3 rings (SSSR count). The molecule has 3 nitrogen and oxygen atoms in total. The van der Waals surface area contributed by atoms with Gasteiger partial charge in [-0.25, -0.2) is 0 Å². The Balaban J connectivity index is 1.53. The van der Waals surface area contributed by atoms with Crippen LogP contribution in [0.2, 0.25) is 0 Å². The highest BCUT2D eigenvalue weighted by molar-refractivity contribution is 5.80. The van der Waals surface area contributed by atoms with Gasteiger partial charge < -0.3 is 10.4 Å². The molecule has 2 aliphatic carbocycles. The first-order chi connectivity index (χ1) is 10.2. The highest BCUT2D eigenvalue weighted by atomic mass is 16.3. The minimum Gasteiger partial charge on any atom is -0.388 e. The van der Waals surface area contributed by atoms with E-state index in [9.17, 15) is 9.90 Å². The molecule has 0 atom stereocenters. The fourth-order valence-corrected chi connectivity index (χ4v) is 3.70. The van der Waals surface area contributed by atoms with E-state index in [1.165, 1.54) is 24.0 Å². The third kappa shape index (κ3) is 3.46. The largest absolute Gasteiger partial charge is 0.388 e. The maximum absolute atomic E-state index is 12.4. The number of carbonyl (C=O) groups excluding carboxylic acids is 1. The van der Waals surface area contributed by atoms with Gasteiger partial charge in [-0.05, 0) is 36.8 Å². The second kappa shape index (κ2) is 6.18. The number of rotatable bonds is 3. The molecule has 0 heterocycles. The van der Waals surface area contributed by atoms with Crippen LogP contribution in [0.1, 0.15) is 49.7 Å². The number of aliphatic hydroxyl groups is 1. The van der Waals surface area contributed by atoms with Crippen LogP contribution < -0.4 is 5.32 Å². The first-order valence-corrected chi connectivity index (χ1v) is 8.23. The van der Waals surface area contributed by atoms with E-state index in [4.69, 9.17) is 0 Å². The zero-order chi connectivity index (χ0) is 14.7. The van der Waals surface area contributed by atoms with Crippen molar-refractivity contribution in [2.75, 3.05) is 6.54 Å². The summed E-state index contributed by atoms with van der Waals surface area (Å²) in [7, 11) is 0. The van der Waals surface area contributed by atoms with E-state index in [1.807, 2.05) is 12.1 Å². The number of amides is 1. The smallest absolute Gasteiger partial charge is 0.223 e. The maximum Gasteiger partial charge on any atom is 0.223 e. The van der Waals surface area contributed by atoms with Crippen molar-refractivity contribution in [3.05, 3.63) is 35.4 Å². The van der Waals surface area contributed by atoms with Crippen molar-refractivity contribution in [1.29, 1.82) is 0 Å². The number of hydrogen-bond donors (Lipinski definition) is 2. The van der Waals surface area contributed by atoms with Gasteiger partial charge in [-0.3, -0.25) is 4.79 Å². The van der Waals surface area contributed by atoms with Crippen LogP contribution in [0.4, 0.5) is 0 Å². The zero-order valence-corrected chi connectivity index (χ0v) is 12.6. The van der Waals surface area contributed by atoms with Gasteiger partial charge in [0.25, 0.3) is 0 Å². The van der Waals surface area contributed by atoms with E-state index in [-0.39, 0.29) is 11.8 Å². The Labute approximate surface area is 126 Å². The van der Waals surface area contributed by atoms with Gasteiger partial charge in [-0.2, -0.15) is 0 Å². The van der Waals surface area contributed by atoms with E-state index >= 15 is 0 Å². The van der Waals surface area contributed by atoms with Crippen LogP contribution in [0.3, 0.4) is 0 Å². The van der Waals surface area contributed by atoms with Gasteiger partial charge in [-0.1, -0.05) is 49.9 Å².